The van der Waals surface area contributed by atoms with Crippen LogP contribution in [0.15, 0.2) is 0 Å². The standard InChI is InChI=1S/C16H28N2O/c1-3-4-13-5-6-14(10-17)16(9-13)18-8-7-15(11-18)12(2)19/h12-16,19H,3-9,11H2,1-2H3. The van der Waals surface area contributed by atoms with Gasteiger partial charge in [0, 0.05) is 12.6 Å². The summed E-state index contributed by atoms with van der Waals surface area (Å²) < 4.78 is 0. The summed E-state index contributed by atoms with van der Waals surface area (Å²) in [6, 6.07) is 2.98. The Balaban J connectivity index is 1.97. The molecule has 2 fully saturated rings. The highest BCUT2D eigenvalue weighted by Gasteiger charge is 2.38. The highest BCUT2D eigenvalue weighted by Crippen LogP contribution is 2.36. The summed E-state index contributed by atoms with van der Waals surface area (Å²) in [7, 11) is 0. The minimum absolute atomic E-state index is 0.208. The van der Waals surface area contributed by atoms with Gasteiger partial charge in [-0.25, -0.2) is 0 Å². The number of nitriles is 1. The Labute approximate surface area is 117 Å². The van der Waals surface area contributed by atoms with Gasteiger partial charge in [0.25, 0.3) is 0 Å². The molecule has 0 aromatic rings. The maximum absolute atomic E-state index is 9.74. The zero-order chi connectivity index (χ0) is 13.8. The molecule has 1 N–H and O–H groups in total. The zero-order valence-corrected chi connectivity index (χ0v) is 12.4. The summed E-state index contributed by atoms with van der Waals surface area (Å²) in [5, 5.41) is 19.1. The number of hydrogen-bond acceptors (Lipinski definition) is 3. The van der Waals surface area contributed by atoms with Gasteiger partial charge < -0.3 is 5.11 Å². The van der Waals surface area contributed by atoms with Crippen molar-refractivity contribution < 1.29 is 5.11 Å². The zero-order valence-electron chi connectivity index (χ0n) is 12.4. The molecule has 0 spiro atoms. The van der Waals surface area contributed by atoms with Crippen LogP contribution in [0.4, 0.5) is 0 Å². The van der Waals surface area contributed by atoms with Crippen LogP contribution in [-0.4, -0.2) is 35.2 Å². The Kier molecular flexibility index (Phi) is 5.24. The predicted octanol–water partition coefficient (Wildman–Crippen LogP) is 2.80. The van der Waals surface area contributed by atoms with E-state index in [1.807, 2.05) is 6.92 Å². The Hall–Kier alpha value is -0.590. The monoisotopic (exact) mass is 264 g/mol. The summed E-state index contributed by atoms with van der Waals surface area (Å²) in [4.78, 5) is 2.49. The van der Waals surface area contributed by atoms with Crippen molar-refractivity contribution in [3.63, 3.8) is 0 Å². The molecule has 0 amide bonds. The maximum Gasteiger partial charge on any atom is 0.0672 e. The topological polar surface area (TPSA) is 47.3 Å². The average Bonchev–Trinajstić information content (AvgIpc) is 2.88. The summed E-state index contributed by atoms with van der Waals surface area (Å²) >= 11 is 0. The lowest BCUT2D eigenvalue weighted by Crippen LogP contribution is -2.43. The fraction of sp³-hybridized carbons (Fsp3) is 0.938. The van der Waals surface area contributed by atoms with Gasteiger partial charge >= 0.3 is 0 Å². The smallest absolute Gasteiger partial charge is 0.0672 e. The predicted molar refractivity (Wildman–Crippen MR) is 76.5 cm³/mol. The summed E-state index contributed by atoms with van der Waals surface area (Å²) in [5.74, 6) is 1.43. The third-order valence-corrected chi connectivity index (χ3v) is 5.20. The van der Waals surface area contributed by atoms with Gasteiger partial charge in [-0.15, -0.1) is 0 Å². The Bertz CT molecular complexity index is 323. The van der Waals surface area contributed by atoms with E-state index in [0.29, 0.717) is 12.0 Å². The first-order valence-electron chi connectivity index (χ1n) is 7.97. The first kappa shape index (κ1) is 14.8. The van der Waals surface area contributed by atoms with Gasteiger partial charge in [0.1, 0.15) is 0 Å². The largest absolute Gasteiger partial charge is 0.393 e. The molecule has 0 aromatic carbocycles. The van der Waals surface area contributed by atoms with Crippen molar-refractivity contribution in [2.75, 3.05) is 13.1 Å². The van der Waals surface area contributed by atoms with E-state index >= 15 is 0 Å². The van der Waals surface area contributed by atoms with E-state index in [-0.39, 0.29) is 12.0 Å². The third kappa shape index (κ3) is 3.49. The minimum Gasteiger partial charge on any atom is -0.393 e. The van der Waals surface area contributed by atoms with E-state index in [1.165, 1.54) is 25.7 Å². The van der Waals surface area contributed by atoms with Crippen LogP contribution in [0.1, 0.15) is 52.4 Å². The van der Waals surface area contributed by atoms with Gasteiger partial charge in [0.2, 0.25) is 0 Å². The number of likely N-dealkylation sites (tertiary alicyclic amines) is 1. The van der Waals surface area contributed by atoms with Crippen molar-refractivity contribution >= 4 is 0 Å². The molecule has 0 radical (unpaired) electrons. The lowest BCUT2D eigenvalue weighted by molar-refractivity contribution is 0.0935. The van der Waals surface area contributed by atoms with Crippen molar-refractivity contribution in [3.05, 3.63) is 0 Å². The van der Waals surface area contributed by atoms with E-state index in [2.05, 4.69) is 17.9 Å². The lowest BCUT2D eigenvalue weighted by atomic mass is 9.76. The fourth-order valence-electron chi connectivity index (χ4n) is 3.97. The van der Waals surface area contributed by atoms with Crippen LogP contribution in [0.5, 0.6) is 0 Å². The molecule has 5 atom stereocenters. The van der Waals surface area contributed by atoms with Crippen LogP contribution in [0.2, 0.25) is 0 Å². The van der Waals surface area contributed by atoms with Gasteiger partial charge in [-0.1, -0.05) is 19.8 Å². The van der Waals surface area contributed by atoms with E-state index in [0.717, 1.165) is 31.8 Å². The molecule has 2 rings (SSSR count). The molecule has 1 aliphatic carbocycles. The second-order valence-corrected chi connectivity index (χ2v) is 6.55. The third-order valence-electron chi connectivity index (χ3n) is 5.20. The van der Waals surface area contributed by atoms with Crippen molar-refractivity contribution in [1.82, 2.24) is 4.90 Å². The van der Waals surface area contributed by atoms with Crippen LogP contribution in [0, 0.1) is 29.1 Å². The van der Waals surface area contributed by atoms with Gasteiger partial charge in [-0.3, -0.25) is 4.90 Å². The molecule has 19 heavy (non-hydrogen) atoms. The molecule has 5 unspecified atom stereocenters. The lowest BCUT2D eigenvalue weighted by Gasteiger charge is -2.38. The molecule has 3 nitrogen and oxygen atoms in total. The molecule has 3 heteroatoms. The van der Waals surface area contributed by atoms with E-state index in [9.17, 15) is 10.4 Å². The summed E-state index contributed by atoms with van der Waals surface area (Å²) in [6.07, 6.45) is 6.94. The van der Waals surface area contributed by atoms with Gasteiger partial charge in [-0.05, 0) is 51.0 Å². The molecule has 1 heterocycles. The summed E-state index contributed by atoms with van der Waals surface area (Å²) in [6.45, 7) is 6.21. The van der Waals surface area contributed by atoms with Crippen molar-refractivity contribution in [1.29, 1.82) is 5.26 Å². The molecule has 0 aromatic heterocycles. The number of aliphatic hydroxyl groups excluding tert-OH is 1. The molecule has 1 saturated carbocycles. The SMILES string of the molecule is CCCC1CCC(C#N)C(N2CCC(C(C)O)C2)C1. The molecule has 1 saturated heterocycles. The maximum atomic E-state index is 9.74. The Morgan fingerprint density at radius 2 is 2.16 bits per heavy atom. The number of rotatable bonds is 4. The van der Waals surface area contributed by atoms with Crippen molar-refractivity contribution in [3.8, 4) is 6.07 Å². The molecule has 108 valence electrons. The van der Waals surface area contributed by atoms with E-state index in [1.54, 1.807) is 0 Å². The second-order valence-electron chi connectivity index (χ2n) is 6.55. The number of hydrogen-bond donors (Lipinski definition) is 1. The quantitative estimate of drug-likeness (QED) is 0.849. The van der Waals surface area contributed by atoms with E-state index < -0.39 is 0 Å². The number of nitrogens with zero attached hydrogens (tertiary/aromatic N) is 2. The van der Waals surface area contributed by atoms with Crippen LogP contribution >= 0.6 is 0 Å². The van der Waals surface area contributed by atoms with Gasteiger partial charge in [-0.2, -0.15) is 5.26 Å². The Morgan fingerprint density at radius 1 is 1.37 bits per heavy atom. The average molecular weight is 264 g/mol. The van der Waals surface area contributed by atoms with Crippen molar-refractivity contribution in [2.24, 2.45) is 17.8 Å². The summed E-state index contributed by atoms with van der Waals surface area (Å²) in [5.41, 5.74) is 0. The first-order chi connectivity index (χ1) is 9.15. The molecule has 1 aliphatic heterocycles. The van der Waals surface area contributed by atoms with Crippen LogP contribution < -0.4 is 0 Å². The second kappa shape index (κ2) is 6.72. The molecule has 2 aliphatic rings. The molecule has 0 bridgehead atoms. The van der Waals surface area contributed by atoms with Crippen LogP contribution in [0.25, 0.3) is 0 Å². The Morgan fingerprint density at radius 3 is 2.74 bits per heavy atom. The van der Waals surface area contributed by atoms with Gasteiger partial charge in [0.05, 0.1) is 18.1 Å². The molecular formula is C16H28N2O. The van der Waals surface area contributed by atoms with E-state index in [4.69, 9.17) is 0 Å². The highest BCUT2D eigenvalue weighted by atomic mass is 16.3. The van der Waals surface area contributed by atoms with Crippen molar-refractivity contribution in [2.45, 2.75) is 64.5 Å². The fourth-order valence-corrected chi connectivity index (χ4v) is 3.97. The van der Waals surface area contributed by atoms with Crippen LogP contribution in [0.3, 0.4) is 0 Å². The van der Waals surface area contributed by atoms with Gasteiger partial charge in [0.15, 0.2) is 0 Å². The number of aliphatic hydroxyl groups is 1. The van der Waals surface area contributed by atoms with Crippen LogP contribution in [-0.2, 0) is 0 Å². The highest BCUT2D eigenvalue weighted by molar-refractivity contribution is 4.99. The normalized spacial score (nSPS) is 38.0. The minimum atomic E-state index is -0.208. The molecular weight excluding hydrogens is 236 g/mol. The first-order valence-corrected chi connectivity index (χ1v) is 7.97.